The minimum Gasteiger partial charge on any atom is -0.396 e. The van der Waals surface area contributed by atoms with Crippen molar-refractivity contribution in [3.63, 3.8) is 0 Å². The summed E-state index contributed by atoms with van der Waals surface area (Å²) >= 11 is 0. The van der Waals surface area contributed by atoms with Crippen LogP contribution in [0.4, 0.5) is 11.4 Å². The Morgan fingerprint density at radius 2 is 2.15 bits per heavy atom. The molecule has 106 valence electrons. The highest BCUT2D eigenvalue weighted by molar-refractivity contribution is 5.93. The minimum absolute atomic E-state index is 0.0570. The maximum Gasteiger partial charge on any atom is 0.270 e. The van der Waals surface area contributed by atoms with Crippen LogP contribution in [0, 0.1) is 17.0 Å². The molecule has 0 atom stereocenters. The van der Waals surface area contributed by atoms with Gasteiger partial charge in [-0.05, 0) is 31.9 Å². The molecule has 1 aromatic heterocycles. The molecule has 6 heteroatoms. The molecular weight excluding hydrogens is 258 g/mol. The van der Waals surface area contributed by atoms with E-state index in [2.05, 4.69) is 10.3 Å². The number of pyridine rings is 1. The fraction of sp³-hybridized carbons (Fsp3) is 0.357. The highest BCUT2D eigenvalue weighted by Gasteiger charge is 2.10. The maximum absolute atomic E-state index is 10.9. The second-order valence-corrected chi connectivity index (χ2v) is 4.63. The smallest absolute Gasteiger partial charge is 0.270 e. The largest absolute Gasteiger partial charge is 0.396 e. The molecule has 2 aromatic rings. The Balaban J connectivity index is 2.34. The number of anilines is 1. The van der Waals surface area contributed by atoms with Gasteiger partial charge in [0.15, 0.2) is 0 Å². The number of benzene rings is 1. The summed E-state index contributed by atoms with van der Waals surface area (Å²) in [5, 5.41) is 23.6. The van der Waals surface area contributed by atoms with Crippen molar-refractivity contribution in [3.8, 4) is 0 Å². The molecule has 0 saturated heterocycles. The summed E-state index contributed by atoms with van der Waals surface area (Å²) in [5.74, 6) is 0. The van der Waals surface area contributed by atoms with Gasteiger partial charge in [0.25, 0.3) is 5.69 Å². The molecule has 0 amide bonds. The van der Waals surface area contributed by atoms with Crippen LogP contribution in [0.2, 0.25) is 0 Å². The molecule has 0 spiro atoms. The molecule has 2 N–H and O–H groups in total. The molecule has 1 heterocycles. The molecule has 0 radical (unpaired) electrons. The lowest BCUT2D eigenvalue weighted by Crippen LogP contribution is -2.04. The van der Waals surface area contributed by atoms with Crippen LogP contribution < -0.4 is 5.32 Å². The van der Waals surface area contributed by atoms with E-state index in [4.69, 9.17) is 5.11 Å². The Bertz CT molecular complexity index is 628. The van der Waals surface area contributed by atoms with Gasteiger partial charge in [0, 0.05) is 42.1 Å². The average molecular weight is 275 g/mol. The van der Waals surface area contributed by atoms with Crippen molar-refractivity contribution < 1.29 is 10.0 Å². The molecule has 0 aliphatic carbocycles. The van der Waals surface area contributed by atoms with Crippen LogP contribution in [-0.2, 0) is 0 Å². The number of non-ortho nitro benzene ring substituents is 1. The third kappa shape index (κ3) is 3.21. The summed E-state index contributed by atoms with van der Waals surface area (Å²) in [6, 6.07) is 6.55. The number of aryl methyl sites for hydroxylation is 1. The molecule has 0 saturated carbocycles. The van der Waals surface area contributed by atoms with E-state index in [9.17, 15) is 10.1 Å². The first-order valence-corrected chi connectivity index (χ1v) is 6.52. The molecule has 0 aliphatic heterocycles. The zero-order valence-electron chi connectivity index (χ0n) is 11.3. The third-order valence-corrected chi connectivity index (χ3v) is 3.03. The number of nitro benzene ring substituents is 1. The molecule has 0 bridgehead atoms. The van der Waals surface area contributed by atoms with Crippen LogP contribution in [0.1, 0.15) is 18.5 Å². The number of aliphatic hydroxyl groups is 1. The van der Waals surface area contributed by atoms with Gasteiger partial charge in [0.05, 0.1) is 10.4 Å². The lowest BCUT2D eigenvalue weighted by molar-refractivity contribution is -0.384. The second kappa shape index (κ2) is 6.29. The standard InChI is InChI=1S/C14H17N3O3/c1-10-8-14(15-6-2-3-7-18)12-9-11(17(19)20)4-5-13(12)16-10/h4-5,8-9,18H,2-3,6-7H2,1H3,(H,15,16). The molecule has 1 aromatic carbocycles. The van der Waals surface area contributed by atoms with Crippen LogP contribution in [0.25, 0.3) is 10.9 Å². The third-order valence-electron chi connectivity index (χ3n) is 3.03. The monoisotopic (exact) mass is 275 g/mol. The number of rotatable bonds is 6. The Morgan fingerprint density at radius 1 is 1.35 bits per heavy atom. The normalized spacial score (nSPS) is 10.7. The summed E-state index contributed by atoms with van der Waals surface area (Å²) in [6.07, 6.45) is 1.57. The van der Waals surface area contributed by atoms with E-state index in [0.29, 0.717) is 6.54 Å². The molecule has 0 fully saturated rings. The zero-order valence-corrected chi connectivity index (χ0v) is 11.3. The number of nitrogens with one attached hydrogen (secondary N) is 1. The van der Waals surface area contributed by atoms with Crippen molar-refractivity contribution in [2.45, 2.75) is 19.8 Å². The molecular formula is C14H17N3O3. The first-order valence-electron chi connectivity index (χ1n) is 6.52. The van der Waals surface area contributed by atoms with Crippen molar-refractivity contribution in [3.05, 3.63) is 40.1 Å². The predicted molar refractivity (Wildman–Crippen MR) is 77.9 cm³/mol. The Hall–Kier alpha value is -2.21. The van der Waals surface area contributed by atoms with Crippen molar-refractivity contribution >= 4 is 22.3 Å². The summed E-state index contributed by atoms with van der Waals surface area (Å²) in [7, 11) is 0. The van der Waals surface area contributed by atoms with E-state index < -0.39 is 4.92 Å². The van der Waals surface area contributed by atoms with E-state index >= 15 is 0 Å². The first kappa shape index (κ1) is 14.2. The number of aromatic nitrogens is 1. The number of hydrogen-bond acceptors (Lipinski definition) is 5. The fourth-order valence-corrected chi connectivity index (χ4v) is 2.07. The summed E-state index contributed by atoms with van der Waals surface area (Å²) in [6.45, 7) is 2.77. The molecule has 6 nitrogen and oxygen atoms in total. The van der Waals surface area contributed by atoms with Crippen molar-refractivity contribution in [1.82, 2.24) is 4.98 Å². The van der Waals surface area contributed by atoms with E-state index in [1.54, 1.807) is 6.07 Å². The van der Waals surface area contributed by atoms with Crippen LogP contribution in [0.5, 0.6) is 0 Å². The molecule has 2 rings (SSSR count). The number of nitro groups is 1. The van der Waals surface area contributed by atoms with E-state index in [-0.39, 0.29) is 12.3 Å². The zero-order chi connectivity index (χ0) is 14.5. The van der Waals surface area contributed by atoms with E-state index in [1.165, 1.54) is 12.1 Å². The number of fused-ring (bicyclic) bond motifs is 1. The van der Waals surface area contributed by atoms with Gasteiger partial charge in [-0.15, -0.1) is 0 Å². The number of nitrogens with zero attached hydrogens (tertiary/aromatic N) is 2. The number of aliphatic hydroxyl groups excluding tert-OH is 1. The van der Waals surface area contributed by atoms with Gasteiger partial charge in [0.1, 0.15) is 0 Å². The van der Waals surface area contributed by atoms with Gasteiger partial charge >= 0.3 is 0 Å². The average Bonchev–Trinajstić information content (AvgIpc) is 2.42. The summed E-state index contributed by atoms with van der Waals surface area (Å²) in [4.78, 5) is 14.8. The summed E-state index contributed by atoms with van der Waals surface area (Å²) in [5.41, 5.74) is 2.49. The quantitative estimate of drug-likeness (QED) is 0.480. The lowest BCUT2D eigenvalue weighted by Gasteiger charge is -2.10. The fourth-order valence-electron chi connectivity index (χ4n) is 2.07. The van der Waals surface area contributed by atoms with Crippen molar-refractivity contribution in [1.29, 1.82) is 0 Å². The van der Waals surface area contributed by atoms with Gasteiger partial charge < -0.3 is 10.4 Å². The number of unbranched alkanes of at least 4 members (excludes halogenated alkanes) is 1. The van der Waals surface area contributed by atoms with Gasteiger partial charge in [-0.2, -0.15) is 0 Å². The summed E-state index contributed by atoms with van der Waals surface area (Å²) < 4.78 is 0. The molecule has 20 heavy (non-hydrogen) atoms. The van der Waals surface area contributed by atoms with E-state index in [1.807, 2.05) is 13.0 Å². The predicted octanol–water partition coefficient (Wildman–Crippen LogP) is 2.64. The van der Waals surface area contributed by atoms with Gasteiger partial charge in [-0.25, -0.2) is 0 Å². The van der Waals surface area contributed by atoms with Crippen LogP contribution in [0.15, 0.2) is 24.3 Å². The van der Waals surface area contributed by atoms with Crippen LogP contribution >= 0.6 is 0 Å². The van der Waals surface area contributed by atoms with Gasteiger partial charge in [-0.3, -0.25) is 15.1 Å². The second-order valence-electron chi connectivity index (χ2n) is 4.63. The Labute approximate surface area is 116 Å². The molecule has 0 unspecified atom stereocenters. The topological polar surface area (TPSA) is 88.3 Å². The van der Waals surface area contributed by atoms with E-state index in [0.717, 1.165) is 35.1 Å². The highest BCUT2D eigenvalue weighted by atomic mass is 16.6. The first-order chi connectivity index (χ1) is 9.61. The van der Waals surface area contributed by atoms with Gasteiger partial charge in [-0.1, -0.05) is 0 Å². The van der Waals surface area contributed by atoms with Crippen molar-refractivity contribution in [2.24, 2.45) is 0 Å². The number of hydrogen-bond donors (Lipinski definition) is 2. The van der Waals surface area contributed by atoms with Crippen LogP contribution in [0.3, 0.4) is 0 Å². The van der Waals surface area contributed by atoms with Crippen LogP contribution in [-0.4, -0.2) is 28.2 Å². The highest BCUT2D eigenvalue weighted by Crippen LogP contribution is 2.27. The Morgan fingerprint density at radius 3 is 2.85 bits per heavy atom. The lowest BCUT2D eigenvalue weighted by atomic mass is 10.1. The SMILES string of the molecule is Cc1cc(NCCCCO)c2cc([N+](=O)[O-])ccc2n1. The maximum atomic E-state index is 10.9. The molecule has 0 aliphatic rings. The van der Waals surface area contributed by atoms with Crippen molar-refractivity contribution in [2.75, 3.05) is 18.5 Å². The van der Waals surface area contributed by atoms with Gasteiger partial charge in [0.2, 0.25) is 0 Å². The minimum atomic E-state index is -0.408. The Kier molecular flexibility index (Phi) is 4.47.